The van der Waals surface area contributed by atoms with Gasteiger partial charge in [-0.05, 0) is 47.7 Å². The number of hydrogen-bond donors (Lipinski definition) is 1. The number of nitrogens with one attached hydrogen (secondary N) is 1. The van der Waals surface area contributed by atoms with Crippen molar-refractivity contribution in [1.82, 2.24) is 5.32 Å². The minimum atomic E-state index is -3.40. The van der Waals surface area contributed by atoms with Crippen LogP contribution >= 0.6 is 0 Å². The summed E-state index contributed by atoms with van der Waals surface area (Å²) in [6.45, 7) is 4.75. The Morgan fingerprint density at radius 2 is 1.64 bits per heavy atom. The van der Waals surface area contributed by atoms with Crippen molar-refractivity contribution in [2.24, 2.45) is 0 Å². The molecule has 0 aliphatic carbocycles. The van der Waals surface area contributed by atoms with Crippen molar-refractivity contribution in [3.8, 4) is 5.75 Å². The Hall–Kier alpha value is -2.63. The van der Waals surface area contributed by atoms with Crippen molar-refractivity contribution in [3.05, 3.63) is 95.6 Å². The second-order valence-corrected chi connectivity index (χ2v) is 10.9. The van der Waals surface area contributed by atoms with E-state index in [1.165, 1.54) is 0 Å². The number of hydrogen-bond acceptors (Lipinski definition) is 4. The molecule has 1 N–H and O–H groups in total. The molecule has 3 aromatic carbocycles. The summed E-state index contributed by atoms with van der Waals surface area (Å²) in [5.74, 6) is 0.923. The highest BCUT2D eigenvalue weighted by atomic mass is 32.2. The van der Waals surface area contributed by atoms with Gasteiger partial charge in [0.2, 0.25) is 0 Å². The zero-order valence-electron chi connectivity index (χ0n) is 19.5. The summed E-state index contributed by atoms with van der Waals surface area (Å²) in [7, 11) is -3.40. The van der Waals surface area contributed by atoms with Gasteiger partial charge in [-0.2, -0.15) is 0 Å². The highest BCUT2D eigenvalue weighted by molar-refractivity contribution is 7.91. The van der Waals surface area contributed by atoms with Gasteiger partial charge in [-0.1, -0.05) is 87.4 Å². The molecule has 4 nitrogen and oxygen atoms in total. The third-order valence-electron chi connectivity index (χ3n) is 6.63. The standard InChI is InChI=1S/C28H33NO3S/c1-3-5-19-28(4-2)21-33(30,31)26-14-10-9-13-25(26)27(29-28)23-15-17-24(18-16-23)32-20-22-11-7-6-8-12-22/h6-18,27,29H,3-5,19-21H2,1-2H3. The monoisotopic (exact) mass is 463 g/mol. The zero-order valence-corrected chi connectivity index (χ0v) is 20.3. The van der Waals surface area contributed by atoms with Crippen LogP contribution in [0.4, 0.5) is 0 Å². The fourth-order valence-electron chi connectivity index (χ4n) is 4.67. The van der Waals surface area contributed by atoms with E-state index in [1.54, 1.807) is 6.07 Å². The first-order valence-electron chi connectivity index (χ1n) is 11.8. The summed E-state index contributed by atoms with van der Waals surface area (Å²) >= 11 is 0. The smallest absolute Gasteiger partial charge is 0.180 e. The lowest BCUT2D eigenvalue weighted by molar-refractivity contribution is 0.294. The molecule has 5 heteroatoms. The SMILES string of the molecule is CCCCC1(CC)CS(=O)(=O)c2ccccc2C(c2ccc(OCc3ccccc3)cc2)N1. The van der Waals surface area contributed by atoms with E-state index in [0.29, 0.717) is 11.5 Å². The van der Waals surface area contributed by atoms with Gasteiger partial charge in [-0.15, -0.1) is 0 Å². The quantitative estimate of drug-likeness (QED) is 0.440. The molecule has 0 aromatic heterocycles. The first-order chi connectivity index (χ1) is 16.0. The van der Waals surface area contributed by atoms with Gasteiger partial charge in [0, 0.05) is 5.54 Å². The van der Waals surface area contributed by atoms with Crippen LogP contribution in [0.5, 0.6) is 5.75 Å². The van der Waals surface area contributed by atoms with Crippen LogP contribution in [-0.4, -0.2) is 19.7 Å². The topological polar surface area (TPSA) is 55.4 Å². The third-order valence-corrected chi connectivity index (χ3v) is 8.60. The van der Waals surface area contributed by atoms with Gasteiger partial charge in [-0.25, -0.2) is 8.42 Å². The number of benzene rings is 3. The van der Waals surface area contributed by atoms with Gasteiger partial charge in [0.15, 0.2) is 9.84 Å². The van der Waals surface area contributed by atoms with Crippen molar-refractivity contribution in [2.45, 2.75) is 62.6 Å². The van der Waals surface area contributed by atoms with Crippen molar-refractivity contribution in [2.75, 3.05) is 5.75 Å². The normalized spacial score (nSPS) is 21.7. The summed E-state index contributed by atoms with van der Waals surface area (Å²) in [4.78, 5) is 0.443. The van der Waals surface area contributed by atoms with Gasteiger partial charge >= 0.3 is 0 Å². The van der Waals surface area contributed by atoms with Gasteiger partial charge in [0.05, 0.1) is 16.7 Å². The summed E-state index contributed by atoms with van der Waals surface area (Å²) in [6, 6.07) is 25.4. The molecule has 0 radical (unpaired) electrons. The lowest BCUT2D eigenvalue weighted by Crippen LogP contribution is -2.50. The molecule has 1 aliphatic heterocycles. The fourth-order valence-corrected chi connectivity index (χ4v) is 6.82. The molecule has 0 bridgehead atoms. The Kier molecular flexibility index (Phi) is 7.20. The van der Waals surface area contributed by atoms with E-state index in [1.807, 2.05) is 72.8 Å². The van der Waals surface area contributed by atoms with Crippen molar-refractivity contribution < 1.29 is 13.2 Å². The largest absolute Gasteiger partial charge is 0.489 e. The van der Waals surface area contributed by atoms with Crippen LogP contribution in [0, 0.1) is 0 Å². The molecule has 0 fully saturated rings. The number of fused-ring (bicyclic) bond motifs is 1. The molecule has 0 amide bonds. The van der Waals surface area contributed by atoms with Gasteiger partial charge < -0.3 is 4.74 Å². The highest BCUT2D eigenvalue weighted by Gasteiger charge is 2.41. The maximum Gasteiger partial charge on any atom is 0.180 e. The molecule has 1 heterocycles. The van der Waals surface area contributed by atoms with E-state index in [4.69, 9.17) is 4.74 Å². The second kappa shape index (κ2) is 10.1. The van der Waals surface area contributed by atoms with E-state index in [-0.39, 0.29) is 11.8 Å². The van der Waals surface area contributed by atoms with Crippen LogP contribution in [0.3, 0.4) is 0 Å². The molecule has 3 aromatic rings. The minimum absolute atomic E-state index is 0.127. The lowest BCUT2D eigenvalue weighted by Gasteiger charge is -2.36. The van der Waals surface area contributed by atoms with E-state index in [2.05, 4.69) is 19.2 Å². The average molecular weight is 464 g/mol. The van der Waals surface area contributed by atoms with Crippen LogP contribution in [0.15, 0.2) is 83.8 Å². The van der Waals surface area contributed by atoms with Crippen molar-refractivity contribution in [3.63, 3.8) is 0 Å². The number of rotatable bonds is 8. The van der Waals surface area contributed by atoms with Gasteiger partial charge in [0.1, 0.15) is 12.4 Å². The maximum atomic E-state index is 13.4. The zero-order chi connectivity index (χ0) is 23.3. The van der Waals surface area contributed by atoms with Crippen LogP contribution in [0.1, 0.15) is 62.3 Å². The maximum absolute atomic E-state index is 13.4. The number of ether oxygens (including phenoxy) is 1. The summed E-state index contributed by atoms with van der Waals surface area (Å²) in [5, 5.41) is 3.80. The summed E-state index contributed by atoms with van der Waals surface area (Å²) in [5.41, 5.74) is 2.53. The summed E-state index contributed by atoms with van der Waals surface area (Å²) < 4.78 is 32.8. The molecule has 0 saturated heterocycles. The number of sulfone groups is 1. The minimum Gasteiger partial charge on any atom is -0.489 e. The molecular formula is C28H33NO3S. The first kappa shape index (κ1) is 23.5. The van der Waals surface area contributed by atoms with E-state index in [0.717, 1.165) is 48.1 Å². The van der Waals surface area contributed by atoms with Crippen LogP contribution in [-0.2, 0) is 16.4 Å². The van der Waals surface area contributed by atoms with E-state index < -0.39 is 15.4 Å². The highest BCUT2D eigenvalue weighted by Crippen LogP contribution is 2.38. The van der Waals surface area contributed by atoms with Crippen LogP contribution in [0.25, 0.3) is 0 Å². The molecule has 33 heavy (non-hydrogen) atoms. The third kappa shape index (κ3) is 5.31. The van der Waals surface area contributed by atoms with Crippen LogP contribution in [0.2, 0.25) is 0 Å². The van der Waals surface area contributed by atoms with Gasteiger partial charge in [-0.3, -0.25) is 5.32 Å². The molecule has 2 atom stereocenters. The van der Waals surface area contributed by atoms with Crippen molar-refractivity contribution in [1.29, 1.82) is 0 Å². The average Bonchev–Trinajstić information content (AvgIpc) is 2.95. The molecule has 0 spiro atoms. The van der Waals surface area contributed by atoms with E-state index >= 15 is 0 Å². The predicted octanol–water partition coefficient (Wildman–Crippen LogP) is 6.07. The Morgan fingerprint density at radius 3 is 2.33 bits per heavy atom. The number of unbranched alkanes of at least 4 members (excludes halogenated alkanes) is 1. The first-order valence-corrected chi connectivity index (χ1v) is 13.5. The Bertz CT molecular complexity index is 1160. The summed E-state index contributed by atoms with van der Waals surface area (Å²) in [6.07, 6.45) is 3.62. The molecule has 2 unspecified atom stereocenters. The fraction of sp³-hybridized carbons (Fsp3) is 0.357. The van der Waals surface area contributed by atoms with Crippen LogP contribution < -0.4 is 10.1 Å². The van der Waals surface area contributed by atoms with Gasteiger partial charge in [0.25, 0.3) is 0 Å². The molecule has 0 saturated carbocycles. The molecule has 174 valence electrons. The molecule has 1 aliphatic rings. The van der Waals surface area contributed by atoms with E-state index in [9.17, 15) is 8.42 Å². The van der Waals surface area contributed by atoms with Crippen molar-refractivity contribution >= 4 is 9.84 Å². The lowest BCUT2D eigenvalue weighted by atomic mass is 9.88. The Balaban J connectivity index is 1.66. The Morgan fingerprint density at radius 1 is 0.939 bits per heavy atom. The molecular weight excluding hydrogens is 430 g/mol. The molecule has 4 rings (SSSR count). The predicted molar refractivity (Wildman–Crippen MR) is 133 cm³/mol. The second-order valence-electron chi connectivity index (χ2n) is 8.96. The Labute approximate surface area is 197 Å².